The molecule has 1 aromatic carbocycles. The minimum atomic E-state index is -4.25. The first kappa shape index (κ1) is 18.3. The first-order valence-electron chi connectivity index (χ1n) is 6.81. The van der Waals surface area contributed by atoms with E-state index >= 15 is 0 Å². The Balaban J connectivity index is 2.59. The molecule has 0 spiro atoms. The van der Waals surface area contributed by atoms with E-state index in [1.54, 1.807) is 12.1 Å². The minimum Gasteiger partial charge on any atom is -0.396 e. The number of hydrogen-bond acceptors (Lipinski definition) is 3. The SMILES string of the molecule is CC(C)(C)C(CCO)NCc1ccc(SC(F)(F)F)cc1. The third-order valence-corrected chi connectivity index (χ3v) is 3.91. The molecule has 0 radical (unpaired) electrons. The van der Waals surface area contributed by atoms with Gasteiger partial charge >= 0.3 is 5.51 Å². The average Bonchev–Trinajstić information content (AvgIpc) is 2.33. The molecule has 0 saturated heterocycles. The number of halogens is 3. The molecule has 0 aromatic heterocycles. The van der Waals surface area contributed by atoms with Crippen molar-refractivity contribution >= 4 is 11.8 Å². The van der Waals surface area contributed by atoms with Gasteiger partial charge in [-0.1, -0.05) is 32.9 Å². The number of hydrogen-bond donors (Lipinski definition) is 2. The highest BCUT2D eigenvalue weighted by Gasteiger charge is 2.29. The van der Waals surface area contributed by atoms with Crippen LogP contribution in [-0.2, 0) is 6.54 Å². The van der Waals surface area contributed by atoms with Gasteiger partial charge in [0, 0.05) is 24.1 Å². The highest BCUT2D eigenvalue weighted by atomic mass is 32.2. The molecular formula is C15H22F3NOS. The summed E-state index contributed by atoms with van der Waals surface area (Å²) in [7, 11) is 0. The fourth-order valence-corrected chi connectivity index (χ4v) is 2.56. The number of rotatable bonds is 6. The molecule has 0 bridgehead atoms. The van der Waals surface area contributed by atoms with Gasteiger partial charge in [0.1, 0.15) is 0 Å². The average molecular weight is 321 g/mol. The van der Waals surface area contributed by atoms with E-state index in [4.69, 9.17) is 5.11 Å². The number of aliphatic hydroxyl groups is 1. The monoisotopic (exact) mass is 321 g/mol. The van der Waals surface area contributed by atoms with Crippen LogP contribution in [0.1, 0.15) is 32.8 Å². The molecule has 0 fully saturated rings. The third-order valence-electron chi connectivity index (χ3n) is 3.17. The highest BCUT2D eigenvalue weighted by molar-refractivity contribution is 8.00. The molecular weight excluding hydrogens is 299 g/mol. The Morgan fingerprint density at radius 2 is 1.71 bits per heavy atom. The summed E-state index contributed by atoms with van der Waals surface area (Å²) in [6.45, 7) is 6.94. The summed E-state index contributed by atoms with van der Waals surface area (Å²) in [6.07, 6.45) is 0.644. The second-order valence-corrected chi connectivity index (χ2v) is 7.14. The molecule has 21 heavy (non-hydrogen) atoms. The lowest BCUT2D eigenvalue weighted by molar-refractivity contribution is -0.0328. The van der Waals surface area contributed by atoms with Crippen LogP contribution < -0.4 is 5.32 Å². The zero-order chi connectivity index (χ0) is 16.1. The van der Waals surface area contributed by atoms with Gasteiger partial charge in [0.25, 0.3) is 0 Å². The maximum atomic E-state index is 12.2. The zero-order valence-electron chi connectivity index (χ0n) is 12.5. The largest absolute Gasteiger partial charge is 0.446 e. The summed E-state index contributed by atoms with van der Waals surface area (Å²) < 4.78 is 36.7. The summed E-state index contributed by atoms with van der Waals surface area (Å²) in [5.74, 6) is 0. The van der Waals surface area contributed by atoms with Crippen molar-refractivity contribution in [3.8, 4) is 0 Å². The van der Waals surface area contributed by atoms with E-state index < -0.39 is 5.51 Å². The van der Waals surface area contributed by atoms with Crippen molar-refractivity contribution in [3.05, 3.63) is 29.8 Å². The van der Waals surface area contributed by atoms with E-state index in [0.717, 1.165) is 5.56 Å². The summed E-state index contributed by atoms with van der Waals surface area (Å²) >= 11 is -0.107. The lowest BCUT2D eigenvalue weighted by Crippen LogP contribution is -2.40. The molecule has 0 aliphatic heterocycles. The van der Waals surface area contributed by atoms with Crippen LogP contribution in [0.4, 0.5) is 13.2 Å². The van der Waals surface area contributed by atoms with E-state index in [-0.39, 0.29) is 34.7 Å². The lowest BCUT2D eigenvalue weighted by Gasteiger charge is -2.31. The molecule has 0 aliphatic carbocycles. The summed E-state index contributed by atoms with van der Waals surface area (Å²) in [4.78, 5) is 0.189. The Morgan fingerprint density at radius 3 is 2.14 bits per heavy atom. The van der Waals surface area contributed by atoms with Crippen molar-refractivity contribution < 1.29 is 18.3 Å². The van der Waals surface area contributed by atoms with E-state index in [0.29, 0.717) is 13.0 Å². The van der Waals surface area contributed by atoms with E-state index in [9.17, 15) is 13.2 Å². The van der Waals surface area contributed by atoms with Crippen LogP contribution in [0, 0.1) is 5.41 Å². The summed E-state index contributed by atoms with van der Waals surface area (Å²) in [5, 5.41) is 12.4. The van der Waals surface area contributed by atoms with E-state index in [1.807, 2.05) is 0 Å². The van der Waals surface area contributed by atoms with Gasteiger partial charge in [-0.15, -0.1) is 0 Å². The smallest absolute Gasteiger partial charge is 0.396 e. The van der Waals surface area contributed by atoms with Crippen LogP contribution in [0.3, 0.4) is 0 Å². The molecule has 0 saturated carbocycles. The van der Waals surface area contributed by atoms with Gasteiger partial charge in [0.05, 0.1) is 0 Å². The first-order valence-corrected chi connectivity index (χ1v) is 7.62. The van der Waals surface area contributed by atoms with Crippen LogP contribution in [0.5, 0.6) is 0 Å². The molecule has 1 aromatic rings. The highest BCUT2D eigenvalue weighted by Crippen LogP contribution is 2.36. The summed E-state index contributed by atoms with van der Waals surface area (Å²) in [5.41, 5.74) is -3.32. The number of nitrogens with one attached hydrogen (secondary N) is 1. The number of benzene rings is 1. The number of aliphatic hydroxyl groups excluding tert-OH is 1. The number of alkyl halides is 3. The number of thioether (sulfide) groups is 1. The quantitative estimate of drug-likeness (QED) is 0.771. The van der Waals surface area contributed by atoms with Gasteiger partial charge in [0.15, 0.2) is 0 Å². The first-order chi connectivity index (χ1) is 9.62. The molecule has 0 aliphatic rings. The predicted molar refractivity (Wildman–Crippen MR) is 80.1 cm³/mol. The molecule has 120 valence electrons. The van der Waals surface area contributed by atoms with Gasteiger partial charge in [-0.3, -0.25) is 0 Å². The van der Waals surface area contributed by atoms with Gasteiger partial charge in [-0.2, -0.15) is 13.2 Å². The van der Waals surface area contributed by atoms with Gasteiger partial charge in [-0.25, -0.2) is 0 Å². The standard InChI is InChI=1S/C15H22F3NOS/c1-14(2,3)13(8-9-20)19-10-11-4-6-12(7-5-11)21-15(16,17)18/h4-7,13,19-20H,8-10H2,1-3H3. The van der Waals surface area contributed by atoms with Crippen LogP contribution >= 0.6 is 11.8 Å². The second kappa shape index (κ2) is 7.51. The van der Waals surface area contributed by atoms with Crippen molar-refractivity contribution in [2.24, 2.45) is 5.41 Å². The van der Waals surface area contributed by atoms with Crippen LogP contribution in [0.2, 0.25) is 0 Å². The molecule has 2 N–H and O–H groups in total. The Morgan fingerprint density at radius 1 is 1.14 bits per heavy atom. The van der Waals surface area contributed by atoms with Crippen molar-refractivity contribution in [1.82, 2.24) is 5.32 Å². The molecule has 6 heteroatoms. The van der Waals surface area contributed by atoms with Crippen molar-refractivity contribution in [1.29, 1.82) is 0 Å². The fraction of sp³-hybridized carbons (Fsp3) is 0.600. The van der Waals surface area contributed by atoms with Gasteiger partial charge in [-0.05, 0) is 41.3 Å². The lowest BCUT2D eigenvalue weighted by atomic mass is 9.85. The van der Waals surface area contributed by atoms with Crippen LogP contribution in [0.15, 0.2) is 29.2 Å². The summed E-state index contributed by atoms with van der Waals surface area (Å²) in [6, 6.07) is 6.49. The molecule has 0 heterocycles. The Hall–Kier alpha value is -0.720. The Labute approximate surface area is 128 Å². The van der Waals surface area contributed by atoms with E-state index in [1.165, 1.54) is 12.1 Å². The minimum absolute atomic E-state index is 0.00874. The van der Waals surface area contributed by atoms with E-state index in [2.05, 4.69) is 26.1 Å². The molecule has 1 atom stereocenters. The molecule has 1 rings (SSSR count). The zero-order valence-corrected chi connectivity index (χ0v) is 13.3. The Bertz CT molecular complexity index is 426. The molecule has 1 unspecified atom stereocenters. The van der Waals surface area contributed by atoms with Crippen molar-refractivity contribution in [3.63, 3.8) is 0 Å². The van der Waals surface area contributed by atoms with Gasteiger partial charge < -0.3 is 10.4 Å². The normalized spacial score (nSPS) is 14.2. The fourth-order valence-electron chi connectivity index (χ4n) is 2.02. The van der Waals surface area contributed by atoms with Gasteiger partial charge in [0.2, 0.25) is 0 Å². The maximum absolute atomic E-state index is 12.2. The topological polar surface area (TPSA) is 32.3 Å². The predicted octanol–water partition coefficient (Wildman–Crippen LogP) is 4.19. The second-order valence-electron chi connectivity index (χ2n) is 6.00. The molecule has 2 nitrogen and oxygen atoms in total. The maximum Gasteiger partial charge on any atom is 0.446 e. The molecule has 0 amide bonds. The van der Waals surface area contributed by atoms with Crippen molar-refractivity contribution in [2.75, 3.05) is 6.61 Å². The third kappa shape index (κ3) is 7.20. The van der Waals surface area contributed by atoms with Crippen LogP contribution in [0.25, 0.3) is 0 Å². The Kier molecular flexibility index (Phi) is 6.56. The van der Waals surface area contributed by atoms with Crippen molar-refractivity contribution in [2.45, 2.75) is 50.2 Å². The van der Waals surface area contributed by atoms with Crippen LogP contribution in [-0.4, -0.2) is 23.3 Å².